The van der Waals surface area contributed by atoms with Gasteiger partial charge in [-0.25, -0.2) is 9.97 Å². The third-order valence-electron chi connectivity index (χ3n) is 9.79. The van der Waals surface area contributed by atoms with Gasteiger partial charge in [-0.05, 0) is 82.6 Å². The van der Waals surface area contributed by atoms with Crippen LogP contribution in [0.1, 0.15) is 0 Å². The van der Waals surface area contributed by atoms with Gasteiger partial charge in [0.25, 0.3) is 0 Å². The highest BCUT2D eigenvalue weighted by atomic mass is 15.0. The predicted octanol–water partition coefficient (Wildman–Crippen LogP) is 10.7. The molecule has 0 saturated heterocycles. The van der Waals surface area contributed by atoms with E-state index in [1.165, 1.54) is 65.7 Å². The maximum atomic E-state index is 5.19. The van der Waals surface area contributed by atoms with Crippen molar-refractivity contribution in [3.63, 3.8) is 0 Å². The summed E-state index contributed by atoms with van der Waals surface area (Å²) in [5.41, 5.74) is 12.0. The summed E-state index contributed by atoms with van der Waals surface area (Å²) >= 11 is 0. The molecule has 0 saturated carbocycles. The predicted molar refractivity (Wildman–Crippen MR) is 191 cm³/mol. The first kappa shape index (κ1) is 24.1. The summed E-state index contributed by atoms with van der Waals surface area (Å²) in [7, 11) is 0. The van der Waals surface area contributed by atoms with E-state index in [9.17, 15) is 0 Å². The molecule has 212 valence electrons. The molecule has 0 aliphatic carbocycles. The van der Waals surface area contributed by atoms with Crippen molar-refractivity contribution < 1.29 is 0 Å². The molecule has 0 aliphatic rings. The summed E-state index contributed by atoms with van der Waals surface area (Å²) in [4.78, 5) is 10.4. The molecule has 0 radical (unpaired) electrons. The van der Waals surface area contributed by atoms with Gasteiger partial charge in [-0.2, -0.15) is 0 Å². The monoisotopic (exact) mass is 584 g/mol. The van der Waals surface area contributed by atoms with E-state index in [1.807, 2.05) is 18.2 Å². The van der Waals surface area contributed by atoms with Gasteiger partial charge >= 0.3 is 0 Å². The lowest BCUT2D eigenvalue weighted by molar-refractivity contribution is 1.18. The van der Waals surface area contributed by atoms with Crippen LogP contribution in [0.15, 0.2) is 146 Å². The highest BCUT2D eigenvalue weighted by Gasteiger charge is 2.22. The van der Waals surface area contributed by atoms with Gasteiger partial charge in [-0.15, -0.1) is 0 Å². The van der Waals surface area contributed by atoms with Crippen LogP contribution in [0.5, 0.6) is 0 Å². The van der Waals surface area contributed by atoms with Crippen molar-refractivity contribution in [1.29, 1.82) is 0 Å². The third-order valence-corrected chi connectivity index (χ3v) is 9.79. The maximum Gasteiger partial charge on any atom is 0.165 e. The van der Waals surface area contributed by atoms with E-state index in [2.05, 4.69) is 136 Å². The summed E-state index contributed by atoms with van der Waals surface area (Å²) in [6.07, 6.45) is 0. The zero-order chi connectivity index (χ0) is 29.9. The molecular formula is C42H24N4. The topological polar surface area (TPSA) is 35.1 Å². The van der Waals surface area contributed by atoms with Crippen molar-refractivity contribution >= 4 is 82.0 Å². The molecule has 0 unspecified atom stereocenters. The van der Waals surface area contributed by atoms with Crippen LogP contribution in [0.25, 0.3) is 98.8 Å². The number of benzene rings is 7. The molecule has 4 heterocycles. The van der Waals surface area contributed by atoms with Gasteiger partial charge in [-0.3, -0.25) is 4.40 Å². The normalized spacial score (nSPS) is 12.3. The van der Waals surface area contributed by atoms with Crippen LogP contribution in [0, 0.1) is 0 Å². The van der Waals surface area contributed by atoms with E-state index < -0.39 is 0 Å². The highest BCUT2D eigenvalue weighted by Crippen LogP contribution is 2.43. The number of rotatable bonds is 2. The number of aromatic nitrogens is 4. The van der Waals surface area contributed by atoms with E-state index in [0.29, 0.717) is 0 Å². The molecule has 11 aromatic rings. The first-order chi connectivity index (χ1) is 22.8. The molecule has 0 N–H and O–H groups in total. The standard InChI is InChI=1S/C42H24N4/c1-2-12-27(13-3-1)45-37-19-8-4-14-29(37)32-24-31-25(23-39(32)45)11-10-16-28(31)26-21-33-30-15-5-9-20-38(30)46-41(33)34(22-26)40-42(46)44-36-18-7-6-17-35(36)43-40/h1-24H. The van der Waals surface area contributed by atoms with Crippen LogP contribution >= 0.6 is 0 Å². The van der Waals surface area contributed by atoms with E-state index >= 15 is 0 Å². The Morgan fingerprint density at radius 2 is 1.13 bits per heavy atom. The van der Waals surface area contributed by atoms with Crippen molar-refractivity contribution in [2.24, 2.45) is 0 Å². The molecule has 0 atom stereocenters. The fourth-order valence-corrected chi connectivity index (χ4v) is 7.83. The fraction of sp³-hybridized carbons (Fsp3) is 0. The summed E-state index contributed by atoms with van der Waals surface area (Å²) in [6, 6.07) is 52.4. The smallest absolute Gasteiger partial charge is 0.165 e. The zero-order valence-corrected chi connectivity index (χ0v) is 24.6. The van der Waals surface area contributed by atoms with Gasteiger partial charge < -0.3 is 4.57 Å². The second-order valence-electron chi connectivity index (χ2n) is 12.2. The Bertz CT molecular complexity index is 3020. The van der Waals surface area contributed by atoms with Crippen LogP contribution < -0.4 is 0 Å². The number of hydrogen-bond acceptors (Lipinski definition) is 2. The number of para-hydroxylation sites is 5. The number of fused-ring (bicyclic) bond motifs is 11. The van der Waals surface area contributed by atoms with Crippen LogP contribution in [0.4, 0.5) is 0 Å². The van der Waals surface area contributed by atoms with Crippen LogP contribution in [-0.4, -0.2) is 18.9 Å². The lowest BCUT2D eigenvalue weighted by Crippen LogP contribution is -1.93. The molecule has 0 bridgehead atoms. The molecule has 4 aromatic heterocycles. The largest absolute Gasteiger partial charge is 0.309 e. The minimum atomic E-state index is 0.908. The molecule has 0 aliphatic heterocycles. The zero-order valence-electron chi connectivity index (χ0n) is 24.6. The Hall–Kier alpha value is -6.26. The summed E-state index contributed by atoms with van der Waals surface area (Å²) < 4.78 is 4.70. The van der Waals surface area contributed by atoms with Crippen molar-refractivity contribution in [3.8, 4) is 16.8 Å². The molecule has 11 rings (SSSR count). The quantitative estimate of drug-likeness (QED) is 0.203. The van der Waals surface area contributed by atoms with Crippen LogP contribution in [-0.2, 0) is 0 Å². The Morgan fingerprint density at radius 3 is 1.98 bits per heavy atom. The van der Waals surface area contributed by atoms with E-state index in [-0.39, 0.29) is 0 Å². The molecule has 4 heteroatoms. The van der Waals surface area contributed by atoms with E-state index in [0.717, 1.165) is 33.1 Å². The molecule has 0 amide bonds. The summed E-state index contributed by atoms with van der Waals surface area (Å²) in [5, 5.41) is 8.56. The van der Waals surface area contributed by atoms with Gasteiger partial charge in [0.2, 0.25) is 0 Å². The lowest BCUT2D eigenvalue weighted by atomic mass is 9.94. The van der Waals surface area contributed by atoms with Crippen molar-refractivity contribution in [1.82, 2.24) is 18.9 Å². The van der Waals surface area contributed by atoms with Crippen LogP contribution in [0.3, 0.4) is 0 Å². The molecule has 7 aromatic carbocycles. The lowest BCUT2D eigenvalue weighted by Gasteiger charge is -2.11. The first-order valence-corrected chi connectivity index (χ1v) is 15.7. The van der Waals surface area contributed by atoms with Crippen molar-refractivity contribution in [2.45, 2.75) is 0 Å². The molecule has 46 heavy (non-hydrogen) atoms. The highest BCUT2D eigenvalue weighted by molar-refractivity contribution is 6.24. The second kappa shape index (κ2) is 8.68. The Labute approximate surface area is 262 Å². The van der Waals surface area contributed by atoms with E-state index in [1.54, 1.807) is 0 Å². The summed E-state index contributed by atoms with van der Waals surface area (Å²) in [5.74, 6) is 0. The minimum absolute atomic E-state index is 0.908. The van der Waals surface area contributed by atoms with Gasteiger partial charge in [-0.1, -0.05) is 84.9 Å². The average molecular weight is 585 g/mol. The number of hydrogen-bond donors (Lipinski definition) is 0. The van der Waals surface area contributed by atoms with E-state index in [4.69, 9.17) is 9.97 Å². The Balaban J connectivity index is 1.26. The Kier molecular flexibility index (Phi) is 4.55. The van der Waals surface area contributed by atoms with Crippen molar-refractivity contribution in [2.75, 3.05) is 0 Å². The Morgan fingerprint density at radius 1 is 0.435 bits per heavy atom. The fourth-order valence-electron chi connectivity index (χ4n) is 7.83. The van der Waals surface area contributed by atoms with Gasteiger partial charge in [0.15, 0.2) is 5.65 Å². The van der Waals surface area contributed by atoms with Crippen molar-refractivity contribution in [3.05, 3.63) is 146 Å². The van der Waals surface area contributed by atoms with Gasteiger partial charge in [0, 0.05) is 32.6 Å². The first-order valence-electron chi connectivity index (χ1n) is 15.7. The molecular weight excluding hydrogens is 560 g/mol. The molecule has 0 fully saturated rings. The summed E-state index contributed by atoms with van der Waals surface area (Å²) in [6.45, 7) is 0. The molecule has 4 nitrogen and oxygen atoms in total. The second-order valence-corrected chi connectivity index (χ2v) is 12.2. The third kappa shape index (κ3) is 3.07. The SMILES string of the molecule is c1ccc(-n2c3ccccc3c3cc4c(-c5cc6c7ccccc7n7c8nc9ccccc9nc8c(c5)c67)cccc4cc32)cc1. The van der Waals surface area contributed by atoms with Gasteiger partial charge in [0.1, 0.15) is 5.52 Å². The number of nitrogens with zero attached hydrogens (tertiary/aromatic N) is 4. The van der Waals surface area contributed by atoms with Gasteiger partial charge in [0.05, 0.1) is 33.1 Å². The maximum absolute atomic E-state index is 5.19. The minimum Gasteiger partial charge on any atom is -0.309 e. The molecule has 0 spiro atoms. The average Bonchev–Trinajstić information content (AvgIpc) is 3.74. The van der Waals surface area contributed by atoms with Crippen LogP contribution in [0.2, 0.25) is 0 Å².